The summed E-state index contributed by atoms with van der Waals surface area (Å²) in [6.07, 6.45) is 3.24. The SMILES string of the molecule is C=C/C=C(\N=C(C)C(F)F)C1(c2cccc(C3C=NC=NC3)c2)N=C(N)N(C)C1=O. The van der Waals surface area contributed by atoms with Crippen molar-refractivity contribution >= 4 is 30.1 Å². The van der Waals surface area contributed by atoms with Gasteiger partial charge in [-0.25, -0.2) is 18.8 Å². The fraction of sp³-hybridized carbons (Fsp3) is 0.286. The van der Waals surface area contributed by atoms with Gasteiger partial charge in [-0.3, -0.25) is 19.7 Å². The number of nitrogens with zero attached hydrogens (tertiary/aromatic N) is 5. The van der Waals surface area contributed by atoms with E-state index < -0.39 is 23.6 Å². The first kappa shape index (κ1) is 21.2. The number of allylic oxidation sites excluding steroid dienone is 2. The highest BCUT2D eigenvalue weighted by atomic mass is 19.3. The van der Waals surface area contributed by atoms with Gasteiger partial charge in [0.05, 0.1) is 18.0 Å². The Morgan fingerprint density at radius 2 is 2.23 bits per heavy atom. The number of likely N-dealkylation sites (N-methyl/N-ethyl adjacent to an activating group) is 1. The summed E-state index contributed by atoms with van der Waals surface area (Å²) in [4.78, 5) is 31.2. The molecule has 0 saturated heterocycles. The van der Waals surface area contributed by atoms with Crippen LogP contribution in [0.3, 0.4) is 0 Å². The molecule has 3 rings (SSSR count). The normalized spacial score (nSPS) is 24.6. The van der Waals surface area contributed by atoms with E-state index in [0.29, 0.717) is 12.1 Å². The maximum Gasteiger partial charge on any atom is 0.276 e. The molecule has 0 fully saturated rings. The second kappa shape index (κ2) is 8.48. The van der Waals surface area contributed by atoms with Gasteiger partial charge in [0.2, 0.25) is 5.54 Å². The van der Waals surface area contributed by atoms with Crippen LogP contribution in [0.15, 0.2) is 68.7 Å². The number of carbonyl (C=O) groups excluding carboxylic acids is 1. The molecule has 0 saturated carbocycles. The van der Waals surface area contributed by atoms with E-state index in [1.807, 2.05) is 6.07 Å². The van der Waals surface area contributed by atoms with Crippen LogP contribution in [0.25, 0.3) is 0 Å². The van der Waals surface area contributed by atoms with E-state index in [2.05, 4.69) is 26.5 Å². The molecule has 0 bridgehead atoms. The Labute approximate surface area is 173 Å². The summed E-state index contributed by atoms with van der Waals surface area (Å²) in [7, 11) is 1.48. The molecule has 2 atom stereocenters. The summed E-state index contributed by atoms with van der Waals surface area (Å²) < 4.78 is 26.5. The lowest BCUT2D eigenvalue weighted by Gasteiger charge is -2.27. The molecule has 0 aromatic heterocycles. The minimum Gasteiger partial charge on any atom is -0.369 e. The van der Waals surface area contributed by atoms with E-state index in [9.17, 15) is 13.6 Å². The molecule has 0 spiro atoms. The number of hydrogen-bond acceptors (Lipinski definition) is 6. The van der Waals surface area contributed by atoms with Gasteiger partial charge in [-0.2, -0.15) is 0 Å². The van der Waals surface area contributed by atoms with Gasteiger partial charge in [-0.05, 0) is 24.1 Å². The Morgan fingerprint density at radius 3 is 2.80 bits per heavy atom. The van der Waals surface area contributed by atoms with E-state index >= 15 is 0 Å². The molecule has 30 heavy (non-hydrogen) atoms. The number of nitrogens with two attached hydrogens (primary N) is 1. The van der Waals surface area contributed by atoms with E-state index in [-0.39, 0.29) is 17.6 Å². The molecule has 0 radical (unpaired) electrons. The van der Waals surface area contributed by atoms with E-state index in [1.165, 1.54) is 37.4 Å². The molecule has 2 aliphatic rings. The highest BCUT2D eigenvalue weighted by molar-refractivity contribution is 6.09. The lowest BCUT2D eigenvalue weighted by atomic mass is 9.83. The molecular formula is C21H22F2N6O. The summed E-state index contributed by atoms with van der Waals surface area (Å²) in [6, 6.07) is 7.14. The predicted molar refractivity (Wildman–Crippen MR) is 114 cm³/mol. The second-order valence-corrected chi connectivity index (χ2v) is 6.90. The Kier molecular flexibility index (Phi) is 6.00. The summed E-state index contributed by atoms with van der Waals surface area (Å²) in [5, 5.41) is 0. The molecular weight excluding hydrogens is 390 g/mol. The molecule has 1 amide bonds. The van der Waals surface area contributed by atoms with Crippen molar-refractivity contribution < 1.29 is 13.6 Å². The van der Waals surface area contributed by atoms with E-state index in [0.717, 1.165) is 5.56 Å². The largest absolute Gasteiger partial charge is 0.369 e. The van der Waals surface area contributed by atoms with Gasteiger partial charge in [0.15, 0.2) is 5.96 Å². The molecule has 1 aromatic rings. The zero-order valence-electron chi connectivity index (χ0n) is 16.7. The summed E-state index contributed by atoms with van der Waals surface area (Å²) in [6.45, 7) is 5.34. The number of aliphatic imine (C=N–C) groups is 4. The van der Waals surface area contributed by atoms with Gasteiger partial charge in [0.1, 0.15) is 6.34 Å². The van der Waals surface area contributed by atoms with Crippen LogP contribution in [0, 0.1) is 0 Å². The van der Waals surface area contributed by atoms with E-state index in [4.69, 9.17) is 5.73 Å². The van der Waals surface area contributed by atoms with Crippen LogP contribution in [-0.2, 0) is 10.3 Å². The van der Waals surface area contributed by atoms with Gasteiger partial charge in [0.25, 0.3) is 12.3 Å². The first-order chi connectivity index (χ1) is 14.3. The topological polar surface area (TPSA) is 95.8 Å². The summed E-state index contributed by atoms with van der Waals surface area (Å²) in [5.74, 6) is -0.610. The third-order valence-electron chi connectivity index (χ3n) is 4.95. The minimum absolute atomic E-state index is 0.0140. The van der Waals surface area contributed by atoms with Crippen molar-refractivity contribution in [3.8, 4) is 0 Å². The zero-order valence-corrected chi connectivity index (χ0v) is 16.7. The minimum atomic E-state index is -2.78. The van der Waals surface area contributed by atoms with Crippen LogP contribution in [-0.4, -0.2) is 55.0 Å². The number of halogens is 2. The molecule has 156 valence electrons. The van der Waals surface area contributed by atoms with Gasteiger partial charge in [-0.1, -0.05) is 36.9 Å². The average Bonchev–Trinajstić information content (AvgIpc) is 2.99. The highest BCUT2D eigenvalue weighted by Gasteiger charge is 2.51. The number of rotatable bonds is 6. The molecule has 7 nitrogen and oxygen atoms in total. The van der Waals surface area contributed by atoms with Gasteiger partial charge < -0.3 is 5.73 Å². The molecule has 2 unspecified atom stereocenters. The number of alkyl halides is 2. The first-order valence-electron chi connectivity index (χ1n) is 9.23. The summed E-state index contributed by atoms with van der Waals surface area (Å²) >= 11 is 0. The van der Waals surface area contributed by atoms with Crippen molar-refractivity contribution in [3.63, 3.8) is 0 Å². The van der Waals surface area contributed by atoms with Gasteiger partial charge in [0, 0.05) is 19.2 Å². The lowest BCUT2D eigenvalue weighted by molar-refractivity contribution is -0.129. The Balaban J connectivity index is 2.22. The monoisotopic (exact) mass is 412 g/mol. The van der Waals surface area contributed by atoms with Crippen LogP contribution >= 0.6 is 0 Å². The average molecular weight is 412 g/mol. The fourth-order valence-corrected chi connectivity index (χ4v) is 3.32. The fourth-order valence-electron chi connectivity index (χ4n) is 3.32. The van der Waals surface area contributed by atoms with Gasteiger partial charge >= 0.3 is 0 Å². The Morgan fingerprint density at radius 1 is 1.47 bits per heavy atom. The number of guanidine groups is 1. The van der Waals surface area contributed by atoms with Gasteiger partial charge in [-0.15, -0.1) is 0 Å². The predicted octanol–water partition coefficient (Wildman–Crippen LogP) is 2.66. The van der Waals surface area contributed by atoms with Crippen LogP contribution in [0.4, 0.5) is 8.78 Å². The number of amides is 1. The molecule has 0 aliphatic carbocycles. The van der Waals surface area contributed by atoms with Crippen LogP contribution in [0.1, 0.15) is 24.0 Å². The van der Waals surface area contributed by atoms with Crippen molar-refractivity contribution in [2.75, 3.05) is 13.6 Å². The lowest BCUT2D eigenvalue weighted by Crippen LogP contribution is -2.41. The number of benzene rings is 1. The smallest absolute Gasteiger partial charge is 0.276 e. The van der Waals surface area contributed by atoms with Crippen LogP contribution in [0.5, 0.6) is 0 Å². The molecule has 2 heterocycles. The van der Waals surface area contributed by atoms with Crippen molar-refractivity contribution in [1.82, 2.24) is 4.90 Å². The standard InChI is InChI=1S/C21H22F2N6O/c1-4-6-17(27-13(2)18(22)23)21(19(30)29(3)20(24)28-21)16-8-5-7-14(9-16)15-10-25-12-26-11-15/h4-10,12,15,18H,1,11H2,2-3H3,(H2,24,28)/b17-6-,27-13?. The van der Waals surface area contributed by atoms with Crippen molar-refractivity contribution in [3.05, 3.63) is 59.8 Å². The molecule has 2 N–H and O–H groups in total. The van der Waals surface area contributed by atoms with Crippen LogP contribution in [0.2, 0.25) is 0 Å². The molecule has 2 aliphatic heterocycles. The maximum atomic E-state index is 13.3. The van der Waals surface area contributed by atoms with Crippen molar-refractivity contribution in [2.45, 2.75) is 24.8 Å². The zero-order chi connectivity index (χ0) is 21.9. The number of hydrogen-bond donors (Lipinski definition) is 1. The Bertz CT molecular complexity index is 1010. The van der Waals surface area contributed by atoms with Crippen LogP contribution < -0.4 is 5.73 Å². The maximum absolute atomic E-state index is 13.3. The molecule has 9 heteroatoms. The Hall–Kier alpha value is -3.49. The second-order valence-electron chi connectivity index (χ2n) is 6.90. The van der Waals surface area contributed by atoms with E-state index in [1.54, 1.807) is 24.4 Å². The van der Waals surface area contributed by atoms with Crippen molar-refractivity contribution in [2.24, 2.45) is 25.7 Å². The first-order valence-corrected chi connectivity index (χ1v) is 9.23. The number of carbonyl (C=O) groups is 1. The third-order valence-corrected chi connectivity index (χ3v) is 4.95. The summed E-state index contributed by atoms with van der Waals surface area (Å²) in [5.41, 5.74) is 5.14. The highest BCUT2D eigenvalue weighted by Crippen LogP contribution is 2.41. The molecule has 1 aromatic carbocycles. The third kappa shape index (κ3) is 3.70. The quantitative estimate of drug-likeness (QED) is 0.574. The van der Waals surface area contributed by atoms with Crippen molar-refractivity contribution in [1.29, 1.82) is 0 Å².